The van der Waals surface area contributed by atoms with Gasteiger partial charge >= 0.3 is 0 Å². The Kier molecular flexibility index (Phi) is 4.83. The van der Waals surface area contributed by atoms with Gasteiger partial charge in [-0.05, 0) is 49.7 Å². The van der Waals surface area contributed by atoms with Gasteiger partial charge in [-0.1, -0.05) is 30.7 Å². The Hall–Kier alpha value is -3.19. The molecule has 2 aromatic heterocycles. The monoisotopic (exact) mass is 394 g/mol. The van der Waals surface area contributed by atoms with Crippen LogP contribution in [0, 0.1) is 6.92 Å². The number of carbonyl (C=O) groups is 1. The lowest BCUT2D eigenvalue weighted by atomic mass is 10.3. The average Bonchev–Trinajstić information content (AvgIpc) is 3.24. The zero-order valence-corrected chi connectivity index (χ0v) is 16.3. The molecule has 7 nitrogen and oxygen atoms in total. The standard InChI is InChI=1S/C20H19ClN6O/c1-3-12-26-17-7-5-4-6-16(17)23-20(26)24-19(28)18-22-13(2)27(25-18)15-10-8-14(21)9-11-15/h4-11H,3,12H2,1-2H3,(H,23,24,28). The highest BCUT2D eigenvalue weighted by Gasteiger charge is 2.19. The summed E-state index contributed by atoms with van der Waals surface area (Å²) in [7, 11) is 0. The van der Waals surface area contributed by atoms with E-state index in [-0.39, 0.29) is 5.82 Å². The van der Waals surface area contributed by atoms with Crippen molar-refractivity contribution in [1.82, 2.24) is 24.3 Å². The van der Waals surface area contributed by atoms with Gasteiger partial charge in [0.1, 0.15) is 5.82 Å². The molecule has 0 aliphatic rings. The van der Waals surface area contributed by atoms with Crippen LogP contribution in [0.3, 0.4) is 0 Å². The molecule has 0 saturated carbocycles. The van der Waals surface area contributed by atoms with E-state index >= 15 is 0 Å². The van der Waals surface area contributed by atoms with Crippen molar-refractivity contribution in [3.05, 3.63) is 65.2 Å². The Balaban J connectivity index is 1.64. The Morgan fingerprint density at radius 3 is 2.61 bits per heavy atom. The fourth-order valence-corrected chi connectivity index (χ4v) is 3.22. The Labute approximate surface area is 167 Å². The van der Waals surface area contributed by atoms with Crippen LogP contribution in [0.5, 0.6) is 0 Å². The van der Waals surface area contributed by atoms with Gasteiger partial charge in [0.05, 0.1) is 16.7 Å². The van der Waals surface area contributed by atoms with Crippen LogP contribution in [-0.2, 0) is 6.54 Å². The molecule has 0 aliphatic heterocycles. The summed E-state index contributed by atoms with van der Waals surface area (Å²) in [5.41, 5.74) is 2.60. The summed E-state index contributed by atoms with van der Waals surface area (Å²) in [5.74, 6) is 0.786. The molecule has 0 bridgehead atoms. The molecule has 0 fully saturated rings. The third kappa shape index (κ3) is 3.36. The number of halogens is 1. The first-order valence-corrected chi connectivity index (χ1v) is 9.41. The number of benzene rings is 2. The van der Waals surface area contributed by atoms with Crippen LogP contribution in [0.4, 0.5) is 5.95 Å². The van der Waals surface area contributed by atoms with Gasteiger partial charge < -0.3 is 4.57 Å². The third-order valence-corrected chi connectivity index (χ3v) is 4.62. The second-order valence-electron chi connectivity index (χ2n) is 6.40. The predicted molar refractivity (Wildman–Crippen MR) is 109 cm³/mol. The molecule has 0 radical (unpaired) electrons. The molecule has 2 heterocycles. The van der Waals surface area contributed by atoms with E-state index in [1.165, 1.54) is 0 Å². The van der Waals surface area contributed by atoms with E-state index in [0.717, 1.165) is 29.7 Å². The second-order valence-corrected chi connectivity index (χ2v) is 6.84. The first kappa shape index (κ1) is 18.2. The van der Waals surface area contributed by atoms with Gasteiger partial charge in [-0.15, -0.1) is 5.10 Å². The summed E-state index contributed by atoms with van der Waals surface area (Å²) < 4.78 is 3.61. The van der Waals surface area contributed by atoms with E-state index in [1.807, 2.05) is 41.0 Å². The average molecular weight is 395 g/mol. The van der Waals surface area contributed by atoms with E-state index in [1.54, 1.807) is 23.7 Å². The van der Waals surface area contributed by atoms with E-state index in [9.17, 15) is 4.79 Å². The van der Waals surface area contributed by atoms with Crippen molar-refractivity contribution in [2.24, 2.45) is 0 Å². The van der Waals surface area contributed by atoms with Crippen molar-refractivity contribution in [2.75, 3.05) is 5.32 Å². The number of hydrogen-bond donors (Lipinski definition) is 1. The van der Waals surface area contributed by atoms with Crippen molar-refractivity contribution in [2.45, 2.75) is 26.8 Å². The maximum atomic E-state index is 12.8. The number of rotatable bonds is 5. The number of aromatic nitrogens is 5. The molecule has 4 rings (SSSR count). The lowest BCUT2D eigenvalue weighted by Crippen LogP contribution is -2.18. The normalized spacial score (nSPS) is 11.1. The zero-order valence-electron chi connectivity index (χ0n) is 15.6. The largest absolute Gasteiger partial charge is 0.310 e. The minimum absolute atomic E-state index is 0.0857. The number of fused-ring (bicyclic) bond motifs is 1. The highest BCUT2D eigenvalue weighted by molar-refractivity contribution is 6.30. The fourth-order valence-electron chi connectivity index (χ4n) is 3.09. The van der Waals surface area contributed by atoms with Gasteiger partial charge in [-0.2, -0.15) is 0 Å². The van der Waals surface area contributed by atoms with E-state index in [4.69, 9.17) is 11.6 Å². The van der Waals surface area contributed by atoms with Crippen LogP contribution in [0.25, 0.3) is 16.7 Å². The Morgan fingerprint density at radius 1 is 1.11 bits per heavy atom. The number of nitrogens with zero attached hydrogens (tertiary/aromatic N) is 5. The van der Waals surface area contributed by atoms with Crippen LogP contribution in [0.1, 0.15) is 29.8 Å². The summed E-state index contributed by atoms with van der Waals surface area (Å²) in [5, 5.41) is 7.84. The molecule has 8 heteroatoms. The van der Waals surface area contributed by atoms with E-state index < -0.39 is 5.91 Å². The number of hydrogen-bond acceptors (Lipinski definition) is 4. The first-order valence-electron chi connectivity index (χ1n) is 9.03. The van der Waals surface area contributed by atoms with Gasteiger partial charge in [0.25, 0.3) is 5.91 Å². The van der Waals surface area contributed by atoms with Crippen molar-refractivity contribution in [1.29, 1.82) is 0 Å². The summed E-state index contributed by atoms with van der Waals surface area (Å²) in [4.78, 5) is 21.6. The quantitative estimate of drug-likeness (QED) is 0.549. The van der Waals surface area contributed by atoms with Gasteiger partial charge in [0.15, 0.2) is 0 Å². The van der Waals surface area contributed by atoms with Crippen molar-refractivity contribution < 1.29 is 4.79 Å². The maximum Gasteiger partial charge on any atom is 0.297 e. The minimum atomic E-state index is -0.400. The summed E-state index contributed by atoms with van der Waals surface area (Å²) >= 11 is 5.94. The van der Waals surface area contributed by atoms with E-state index in [2.05, 4.69) is 27.3 Å². The Bertz CT molecular complexity index is 1150. The van der Waals surface area contributed by atoms with Crippen LogP contribution in [0.15, 0.2) is 48.5 Å². The molecule has 4 aromatic rings. The van der Waals surface area contributed by atoms with Crippen molar-refractivity contribution in [3.63, 3.8) is 0 Å². The fraction of sp³-hybridized carbons (Fsp3) is 0.200. The van der Waals surface area contributed by atoms with Gasteiger partial charge in [0.2, 0.25) is 11.8 Å². The zero-order chi connectivity index (χ0) is 19.7. The summed E-state index contributed by atoms with van der Waals surface area (Å²) in [6, 6.07) is 15.0. The topological polar surface area (TPSA) is 77.6 Å². The number of para-hydroxylation sites is 2. The molecular formula is C20H19ClN6O. The number of carbonyl (C=O) groups excluding carboxylic acids is 1. The highest BCUT2D eigenvalue weighted by atomic mass is 35.5. The molecule has 142 valence electrons. The van der Waals surface area contributed by atoms with Gasteiger partial charge in [0, 0.05) is 11.6 Å². The van der Waals surface area contributed by atoms with Crippen LogP contribution in [0.2, 0.25) is 5.02 Å². The third-order valence-electron chi connectivity index (χ3n) is 4.37. The van der Waals surface area contributed by atoms with Crippen LogP contribution >= 0.6 is 11.6 Å². The van der Waals surface area contributed by atoms with Crippen LogP contribution in [-0.4, -0.2) is 30.2 Å². The first-order chi connectivity index (χ1) is 13.6. The second kappa shape index (κ2) is 7.44. The smallest absolute Gasteiger partial charge is 0.297 e. The number of anilines is 1. The molecule has 0 spiro atoms. The molecule has 0 atom stereocenters. The molecule has 2 aromatic carbocycles. The number of nitrogens with one attached hydrogen (secondary N) is 1. The molecule has 1 N–H and O–H groups in total. The van der Waals surface area contributed by atoms with E-state index in [0.29, 0.717) is 16.8 Å². The lowest BCUT2D eigenvalue weighted by Gasteiger charge is -2.07. The number of imidazole rings is 1. The summed E-state index contributed by atoms with van der Waals surface area (Å²) in [6.07, 6.45) is 0.922. The maximum absolute atomic E-state index is 12.8. The van der Waals surface area contributed by atoms with Crippen LogP contribution < -0.4 is 5.32 Å². The highest BCUT2D eigenvalue weighted by Crippen LogP contribution is 2.21. The Morgan fingerprint density at radius 2 is 1.86 bits per heavy atom. The molecule has 0 saturated heterocycles. The van der Waals surface area contributed by atoms with Gasteiger partial charge in [-0.3, -0.25) is 10.1 Å². The predicted octanol–water partition coefficient (Wildman–Crippen LogP) is 4.24. The lowest BCUT2D eigenvalue weighted by molar-refractivity contribution is 0.101. The summed E-state index contributed by atoms with van der Waals surface area (Å²) in [6.45, 7) is 4.63. The number of amides is 1. The molecule has 0 unspecified atom stereocenters. The molecule has 28 heavy (non-hydrogen) atoms. The molecule has 1 amide bonds. The number of aryl methyl sites for hydroxylation is 2. The van der Waals surface area contributed by atoms with Crippen molar-refractivity contribution >= 4 is 34.5 Å². The minimum Gasteiger partial charge on any atom is -0.310 e. The molecule has 0 aliphatic carbocycles. The van der Waals surface area contributed by atoms with Gasteiger partial charge in [-0.25, -0.2) is 14.6 Å². The van der Waals surface area contributed by atoms with Crippen molar-refractivity contribution in [3.8, 4) is 5.69 Å². The SMILES string of the molecule is CCCn1c(NC(=O)c2nc(C)n(-c3ccc(Cl)cc3)n2)nc2ccccc21. The molecular weight excluding hydrogens is 376 g/mol.